The van der Waals surface area contributed by atoms with Crippen LogP contribution < -0.4 is 4.74 Å². The second-order valence-corrected chi connectivity index (χ2v) is 4.92. The maximum atomic E-state index is 5.67. The Labute approximate surface area is 114 Å². The average molecular weight is 259 g/mol. The number of aryl methyl sites for hydroxylation is 1. The second-order valence-electron chi connectivity index (χ2n) is 4.92. The number of ether oxygens (including phenoxy) is 1. The van der Waals surface area contributed by atoms with E-state index in [0.717, 1.165) is 18.7 Å². The Balaban J connectivity index is 1.89. The summed E-state index contributed by atoms with van der Waals surface area (Å²) in [6.45, 7) is 1.64. The highest BCUT2D eigenvalue weighted by molar-refractivity contribution is 5.29. The molecular weight excluding hydrogens is 238 g/mol. The molecule has 19 heavy (non-hydrogen) atoms. The molecule has 102 valence electrons. The molecule has 0 radical (unpaired) electrons. The van der Waals surface area contributed by atoms with E-state index in [1.165, 1.54) is 11.3 Å². The van der Waals surface area contributed by atoms with Gasteiger partial charge in [0.1, 0.15) is 12.4 Å². The molecule has 0 atom stereocenters. The zero-order valence-electron chi connectivity index (χ0n) is 11.8. The molecule has 1 heterocycles. The number of rotatable bonds is 6. The van der Waals surface area contributed by atoms with Crippen LogP contribution in [0.5, 0.6) is 5.75 Å². The molecule has 0 fully saturated rings. The molecule has 0 bridgehead atoms. The predicted molar refractivity (Wildman–Crippen MR) is 76.5 cm³/mol. The fourth-order valence-corrected chi connectivity index (χ4v) is 1.83. The highest BCUT2D eigenvalue weighted by Crippen LogP contribution is 2.14. The minimum Gasteiger partial charge on any atom is -0.492 e. The lowest BCUT2D eigenvalue weighted by molar-refractivity contribution is 0.261. The van der Waals surface area contributed by atoms with Crippen LogP contribution in [0.2, 0.25) is 0 Å². The number of nitrogens with zero attached hydrogens (tertiary/aromatic N) is 3. The van der Waals surface area contributed by atoms with Gasteiger partial charge in [-0.25, -0.2) is 0 Å². The van der Waals surface area contributed by atoms with Crippen LogP contribution in [-0.2, 0) is 13.5 Å². The summed E-state index contributed by atoms with van der Waals surface area (Å²) in [4.78, 5) is 2.11. The average Bonchev–Trinajstić information content (AvgIpc) is 2.77. The molecular formula is C15H21N3O. The van der Waals surface area contributed by atoms with Gasteiger partial charge in [-0.1, -0.05) is 12.1 Å². The van der Waals surface area contributed by atoms with Crippen molar-refractivity contribution in [3.8, 4) is 5.75 Å². The molecule has 1 aromatic carbocycles. The Morgan fingerprint density at radius 1 is 1.16 bits per heavy atom. The first-order valence-electron chi connectivity index (χ1n) is 6.48. The van der Waals surface area contributed by atoms with Gasteiger partial charge in [-0.05, 0) is 37.9 Å². The van der Waals surface area contributed by atoms with E-state index in [1.54, 1.807) is 0 Å². The van der Waals surface area contributed by atoms with Gasteiger partial charge in [0.2, 0.25) is 0 Å². The van der Waals surface area contributed by atoms with Crippen LogP contribution in [0.15, 0.2) is 36.5 Å². The maximum absolute atomic E-state index is 5.67. The first-order valence-corrected chi connectivity index (χ1v) is 6.48. The van der Waals surface area contributed by atoms with Crippen LogP contribution in [0, 0.1) is 0 Å². The van der Waals surface area contributed by atoms with Gasteiger partial charge in [0.05, 0.1) is 0 Å². The molecule has 0 saturated heterocycles. The predicted octanol–water partition coefficient (Wildman–Crippen LogP) is 1.95. The highest BCUT2D eigenvalue weighted by atomic mass is 16.5. The number of benzene rings is 1. The molecule has 0 saturated carbocycles. The molecule has 4 heteroatoms. The molecule has 0 amide bonds. The number of aromatic nitrogens is 2. The minimum atomic E-state index is 0.716. The zero-order valence-corrected chi connectivity index (χ0v) is 11.8. The molecule has 1 aromatic heterocycles. The first-order chi connectivity index (χ1) is 9.15. The zero-order chi connectivity index (χ0) is 13.7. The summed E-state index contributed by atoms with van der Waals surface area (Å²) in [6, 6.07) is 10.3. The van der Waals surface area contributed by atoms with Crippen molar-refractivity contribution in [1.29, 1.82) is 0 Å². The lowest BCUT2D eigenvalue weighted by atomic mass is 10.1. The van der Waals surface area contributed by atoms with E-state index in [-0.39, 0.29) is 0 Å². The molecule has 0 aliphatic heterocycles. The van der Waals surface area contributed by atoms with Gasteiger partial charge in [0.15, 0.2) is 0 Å². The summed E-state index contributed by atoms with van der Waals surface area (Å²) in [5.74, 6) is 0.926. The fraction of sp³-hybridized carbons (Fsp3) is 0.400. The van der Waals surface area contributed by atoms with Crippen molar-refractivity contribution < 1.29 is 4.74 Å². The smallest absolute Gasteiger partial charge is 0.119 e. The van der Waals surface area contributed by atoms with Gasteiger partial charge < -0.3 is 9.64 Å². The highest BCUT2D eigenvalue weighted by Gasteiger charge is 2.01. The van der Waals surface area contributed by atoms with Crippen LogP contribution in [0.3, 0.4) is 0 Å². The van der Waals surface area contributed by atoms with Gasteiger partial charge in [-0.15, -0.1) is 0 Å². The van der Waals surface area contributed by atoms with E-state index in [0.29, 0.717) is 6.61 Å². The van der Waals surface area contributed by atoms with Crippen molar-refractivity contribution in [2.45, 2.75) is 6.42 Å². The van der Waals surface area contributed by atoms with Crippen LogP contribution in [0.4, 0.5) is 0 Å². The van der Waals surface area contributed by atoms with Crippen molar-refractivity contribution in [3.63, 3.8) is 0 Å². The Bertz CT molecular complexity index is 502. The van der Waals surface area contributed by atoms with E-state index in [2.05, 4.69) is 22.1 Å². The summed E-state index contributed by atoms with van der Waals surface area (Å²) in [5, 5.41) is 4.17. The summed E-state index contributed by atoms with van der Waals surface area (Å²) in [7, 11) is 6.05. The molecule has 2 aromatic rings. The van der Waals surface area contributed by atoms with Crippen molar-refractivity contribution >= 4 is 0 Å². The van der Waals surface area contributed by atoms with Crippen LogP contribution in [-0.4, -0.2) is 41.9 Å². The standard InChI is InChI=1S/C15H21N3O/c1-17(2)10-11-19-15-6-4-13(5-7-15)12-14-8-9-16-18(14)3/h4-9H,10-12H2,1-3H3. The number of hydrogen-bond acceptors (Lipinski definition) is 3. The molecule has 0 aliphatic carbocycles. The SMILES string of the molecule is CN(C)CCOc1ccc(Cc2ccnn2C)cc1. The topological polar surface area (TPSA) is 30.3 Å². The molecule has 4 nitrogen and oxygen atoms in total. The summed E-state index contributed by atoms with van der Waals surface area (Å²) < 4.78 is 7.58. The molecule has 0 unspecified atom stereocenters. The minimum absolute atomic E-state index is 0.716. The molecule has 2 rings (SSSR count). The van der Waals surface area contributed by atoms with E-state index in [4.69, 9.17) is 4.74 Å². The van der Waals surface area contributed by atoms with Crippen LogP contribution in [0.25, 0.3) is 0 Å². The second kappa shape index (κ2) is 6.38. The summed E-state index contributed by atoms with van der Waals surface area (Å²) >= 11 is 0. The van der Waals surface area contributed by atoms with Crippen molar-refractivity contribution in [3.05, 3.63) is 47.8 Å². The third-order valence-electron chi connectivity index (χ3n) is 3.04. The lowest BCUT2D eigenvalue weighted by Crippen LogP contribution is -2.19. The van der Waals surface area contributed by atoms with Gasteiger partial charge in [0.25, 0.3) is 0 Å². The van der Waals surface area contributed by atoms with Gasteiger partial charge in [-0.2, -0.15) is 5.10 Å². The third kappa shape index (κ3) is 4.10. The summed E-state index contributed by atoms with van der Waals surface area (Å²) in [6.07, 6.45) is 2.72. The third-order valence-corrected chi connectivity index (χ3v) is 3.04. The quantitative estimate of drug-likeness (QED) is 0.794. The van der Waals surface area contributed by atoms with Crippen molar-refractivity contribution in [2.75, 3.05) is 27.2 Å². The molecule has 0 spiro atoms. The largest absolute Gasteiger partial charge is 0.492 e. The van der Waals surface area contributed by atoms with Gasteiger partial charge in [0, 0.05) is 31.9 Å². The van der Waals surface area contributed by atoms with Gasteiger partial charge in [-0.3, -0.25) is 4.68 Å². The fourth-order valence-electron chi connectivity index (χ4n) is 1.83. The monoisotopic (exact) mass is 259 g/mol. The van der Waals surface area contributed by atoms with Crippen molar-refractivity contribution in [1.82, 2.24) is 14.7 Å². The van der Waals surface area contributed by atoms with Crippen LogP contribution >= 0.6 is 0 Å². The summed E-state index contributed by atoms with van der Waals surface area (Å²) in [5.41, 5.74) is 2.48. The Kier molecular flexibility index (Phi) is 4.58. The van der Waals surface area contributed by atoms with E-state index >= 15 is 0 Å². The van der Waals surface area contributed by atoms with Crippen molar-refractivity contribution in [2.24, 2.45) is 7.05 Å². The normalized spacial score (nSPS) is 10.9. The maximum Gasteiger partial charge on any atom is 0.119 e. The lowest BCUT2D eigenvalue weighted by Gasteiger charge is -2.11. The molecule has 0 aliphatic rings. The van der Waals surface area contributed by atoms with E-state index in [1.807, 2.05) is 50.2 Å². The van der Waals surface area contributed by atoms with E-state index < -0.39 is 0 Å². The Hall–Kier alpha value is -1.81. The Morgan fingerprint density at radius 2 is 1.89 bits per heavy atom. The van der Waals surface area contributed by atoms with E-state index in [9.17, 15) is 0 Å². The Morgan fingerprint density at radius 3 is 2.47 bits per heavy atom. The number of hydrogen-bond donors (Lipinski definition) is 0. The number of likely N-dealkylation sites (N-methyl/N-ethyl adjacent to an activating group) is 1. The van der Waals surface area contributed by atoms with Crippen LogP contribution in [0.1, 0.15) is 11.3 Å². The molecule has 0 N–H and O–H groups in total. The first kappa shape index (κ1) is 13.6. The van der Waals surface area contributed by atoms with Gasteiger partial charge >= 0.3 is 0 Å².